The molecule has 7 heteroatoms. The van der Waals surface area contributed by atoms with E-state index in [1.807, 2.05) is 18.2 Å². The summed E-state index contributed by atoms with van der Waals surface area (Å²) in [7, 11) is 0. The van der Waals surface area contributed by atoms with Gasteiger partial charge in [-0.3, -0.25) is 4.99 Å². The number of benzene rings is 1. The molecule has 7 nitrogen and oxygen atoms in total. The highest BCUT2D eigenvalue weighted by Crippen LogP contribution is 2.35. The number of ether oxygens (including phenoxy) is 2. The molecule has 0 amide bonds. The highest BCUT2D eigenvalue weighted by molar-refractivity contribution is 5.92. The van der Waals surface area contributed by atoms with Crippen molar-refractivity contribution in [2.45, 2.75) is 6.42 Å². The Kier molecular flexibility index (Phi) is 3.52. The molecule has 18 heavy (non-hydrogen) atoms. The van der Waals surface area contributed by atoms with Gasteiger partial charge >= 0.3 is 0 Å². The molecule has 1 aliphatic heterocycles. The molecule has 1 aromatic carbocycles. The second kappa shape index (κ2) is 5.26. The molecule has 0 aromatic heterocycles. The van der Waals surface area contributed by atoms with Gasteiger partial charge in [0.05, 0.1) is 0 Å². The van der Waals surface area contributed by atoms with Crippen molar-refractivity contribution in [1.82, 2.24) is 0 Å². The van der Waals surface area contributed by atoms with Crippen molar-refractivity contribution in [2.75, 3.05) is 13.3 Å². The lowest BCUT2D eigenvalue weighted by Crippen LogP contribution is -2.26. The van der Waals surface area contributed by atoms with Crippen molar-refractivity contribution >= 4 is 11.9 Å². The maximum atomic E-state index is 5.50. The van der Waals surface area contributed by atoms with Crippen LogP contribution < -0.4 is 26.7 Å². The molecule has 96 valence electrons. The fraction of sp³-hybridized carbons (Fsp3) is 0.273. The Morgan fingerprint density at radius 3 is 2.83 bits per heavy atom. The Morgan fingerprint density at radius 2 is 2.06 bits per heavy atom. The number of nitrogens with two attached hydrogens (primary N) is 3. The second-order valence-electron chi connectivity index (χ2n) is 3.68. The van der Waals surface area contributed by atoms with Crippen molar-refractivity contribution in [1.29, 1.82) is 0 Å². The van der Waals surface area contributed by atoms with Gasteiger partial charge in [-0.25, -0.2) is 0 Å². The van der Waals surface area contributed by atoms with Gasteiger partial charge in [-0.05, 0) is 12.5 Å². The number of nitrogens with zero attached hydrogens (tertiary/aromatic N) is 2. The van der Waals surface area contributed by atoms with Gasteiger partial charge in [0, 0.05) is 12.1 Å². The van der Waals surface area contributed by atoms with Crippen LogP contribution >= 0.6 is 0 Å². The normalized spacial score (nSPS) is 13.4. The molecule has 0 saturated carbocycles. The van der Waals surface area contributed by atoms with Crippen LogP contribution in [0.4, 0.5) is 0 Å². The predicted octanol–water partition coefficient (Wildman–Crippen LogP) is -0.454. The van der Waals surface area contributed by atoms with Gasteiger partial charge < -0.3 is 26.7 Å². The zero-order chi connectivity index (χ0) is 13.0. The fourth-order valence-electron chi connectivity index (χ4n) is 1.65. The van der Waals surface area contributed by atoms with Gasteiger partial charge in [0.1, 0.15) is 0 Å². The average Bonchev–Trinajstić information content (AvgIpc) is 2.76. The van der Waals surface area contributed by atoms with Crippen LogP contribution in [0.5, 0.6) is 11.5 Å². The van der Waals surface area contributed by atoms with E-state index in [0.29, 0.717) is 13.0 Å². The molecule has 0 aliphatic carbocycles. The predicted molar refractivity (Wildman–Crippen MR) is 68.6 cm³/mol. The monoisotopic (exact) mass is 249 g/mol. The SMILES string of the molecule is NC(N)=NC(N)=NCCc1cccc2c1OCO2. The van der Waals surface area contributed by atoms with Crippen LogP contribution in [0.25, 0.3) is 0 Å². The highest BCUT2D eigenvalue weighted by Gasteiger charge is 2.16. The number of hydrogen-bond donors (Lipinski definition) is 3. The minimum absolute atomic E-state index is 0.0692. The Bertz CT molecular complexity index is 494. The first-order chi connectivity index (χ1) is 8.66. The molecule has 0 fully saturated rings. The first-order valence-electron chi connectivity index (χ1n) is 5.44. The largest absolute Gasteiger partial charge is 0.454 e. The summed E-state index contributed by atoms with van der Waals surface area (Å²) in [6.45, 7) is 0.730. The Labute approximate surface area is 104 Å². The van der Waals surface area contributed by atoms with Gasteiger partial charge in [0.2, 0.25) is 12.8 Å². The number of hydrogen-bond acceptors (Lipinski definition) is 3. The smallest absolute Gasteiger partial charge is 0.231 e. The van der Waals surface area contributed by atoms with E-state index < -0.39 is 0 Å². The molecule has 6 N–H and O–H groups in total. The van der Waals surface area contributed by atoms with Crippen molar-refractivity contribution in [2.24, 2.45) is 27.2 Å². The van der Waals surface area contributed by atoms with Crippen molar-refractivity contribution in [3.8, 4) is 11.5 Å². The summed E-state index contributed by atoms with van der Waals surface area (Å²) in [4.78, 5) is 7.66. The summed E-state index contributed by atoms with van der Waals surface area (Å²) in [6, 6.07) is 5.73. The van der Waals surface area contributed by atoms with Crippen LogP contribution in [0.1, 0.15) is 5.56 Å². The Hall–Kier alpha value is -2.44. The number of aliphatic imine (C=N–C) groups is 2. The molecular weight excluding hydrogens is 234 g/mol. The fourth-order valence-corrected chi connectivity index (χ4v) is 1.65. The summed E-state index contributed by atoms with van der Waals surface area (Å²) in [6.07, 6.45) is 0.674. The van der Waals surface area contributed by atoms with Gasteiger partial charge in [-0.15, -0.1) is 0 Å². The zero-order valence-corrected chi connectivity index (χ0v) is 9.80. The summed E-state index contributed by atoms with van der Waals surface area (Å²) < 4.78 is 10.7. The molecule has 1 aliphatic rings. The van der Waals surface area contributed by atoms with E-state index in [2.05, 4.69) is 9.98 Å². The van der Waals surface area contributed by atoms with Crippen molar-refractivity contribution < 1.29 is 9.47 Å². The van der Waals surface area contributed by atoms with Gasteiger partial charge in [-0.1, -0.05) is 12.1 Å². The van der Waals surface area contributed by atoms with Gasteiger partial charge in [0.15, 0.2) is 17.5 Å². The van der Waals surface area contributed by atoms with E-state index in [1.165, 1.54) is 0 Å². The molecule has 0 bridgehead atoms. The molecule has 0 spiro atoms. The van der Waals surface area contributed by atoms with E-state index in [9.17, 15) is 0 Å². The maximum absolute atomic E-state index is 5.50. The molecule has 1 heterocycles. The van der Waals surface area contributed by atoms with Crippen LogP contribution in [0.15, 0.2) is 28.2 Å². The summed E-state index contributed by atoms with van der Waals surface area (Å²) in [5.41, 5.74) is 16.9. The maximum Gasteiger partial charge on any atom is 0.231 e. The third-order valence-electron chi connectivity index (χ3n) is 2.38. The summed E-state index contributed by atoms with van der Waals surface area (Å²) in [5, 5.41) is 0. The Morgan fingerprint density at radius 1 is 1.22 bits per heavy atom. The molecule has 0 saturated heterocycles. The third kappa shape index (κ3) is 2.82. The zero-order valence-electron chi connectivity index (χ0n) is 9.80. The molecular formula is C11H15N5O2. The van der Waals surface area contributed by atoms with Crippen LogP contribution in [0.3, 0.4) is 0 Å². The standard InChI is InChI=1S/C11H15N5O2/c12-10(13)16-11(14)15-5-4-7-2-1-3-8-9(7)18-6-17-8/h1-3H,4-6H2,(H6,12,13,14,15,16). The minimum atomic E-state index is -0.103. The van der Waals surface area contributed by atoms with Gasteiger partial charge in [-0.2, -0.15) is 4.99 Å². The summed E-state index contributed by atoms with van der Waals surface area (Å²) >= 11 is 0. The van der Waals surface area contributed by atoms with E-state index in [0.717, 1.165) is 17.1 Å². The number of para-hydroxylation sites is 1. The molecule has 0 radical (unpaired) electrons. The van der Waals surface area contributed by atoms with Crippen LogP contribution in [-0.2, 0) is 6.42 Å². The quantitative estimate of drug-likeness (QED) is 0.494. The molecule has 0 atom stereocenters. The number of fused-ring (bicyclic) bond motifs is 1. The van der Waals surface area contributed by atoms with E-state index in [4.69, 9.17) is 26.7 Å². The van der Waals surface area contributed by atoms with Crippen LogP contribution in [-0.4, -0.2) is 25.3 Å². The lowest BCUT2D eigenvalue weighted by atomic mass is 10.1. The number of guanidine groups is 2. The minimum Gasteiger partial charge on any atom is -0.454 e. The van der Waals surface area contributed by atoms with E-state index in [1.54, 1.807) is 0 Å². The van der Waals surface area contributed by atoms with Crippen LogP contribution in [0, 0.1) is 0 Å². The molecule has 1 aromatic rings. The lowest BCUT2D eigenvalue weighted by Gasteiger charge is -2.03. The summed E-state index contributed by atoms with van der Waals surface area (Å²) in [5.74, 6) is 1.50. The average molecular weight is 249 g/mol. The third-order valence-corrected chi connectivity index (χ3v) is 2.38. The lowest BCUT2D eigenvalue weighted by molar-refractivity contribution is 0.173. The topological polar surface area (TPSA) is 121 Å². The first-order valence-corrected chi connectivity index (χ1v) is 5.44. The second-order valence-corrected chi connectivity index (χ2v) is 3.68. The molecule has 0 unspecified atom stereocenters. The number of rotatable bonds is 3. The van der Waals surface area contributed by atoms with Crippen LogP contribution in [0.2, 0.25) is 0 Å². The van der Waals surface area contributed by atoms with Gasteiger partial charge in [0.25, 0.3) is 0 Å². The van der Waals surface area contributed by atoms with Crippen molar-refractivity contribution in [3.63, 3.8) is 0 Å². The van der Waals surface area contributed by atoms with E-state index >= 15 is 0 Å². The van der Waals surface area contributed by atoms with Crippen molar-refractivity contribution in [3.05, 3.63) is 23.8 Å². The van der Waals surface area contributed by atoms with E-state index in [-0.39, 0.29) is 18.7 Å². The Balaban J connectivity index is 1.99. The highest BCUT2D eigenvalue weighted by atomic mass is 16.7. The molecule has 2 rings (SSSR count). The first kappa shape index (κ1) is 12.0.